The molecule has 4 rings (SSSR count). The van der Waals surface area contributed by atoms with Crippen LogP contribution in [0.2, 0.25) is 0 Å². The van der Waals surface area contributed by atoms with Crippen LogP contribution in [0, 0.1) is 11.8 Å². The lowest BCUT2D eigenvalue weighted by atomic mass is 9.84. The molecule has 3 fully saturated rings. The molecule has 3 saturated heterocycles. The van der Waals surface area contributed by atoms with Crippen molar-refractivity contribution in [3.8, 4) is 0 Å². The van der Waals surface area contributed by atoms with Gasteiger partial charge in [-0.2, -0.15) is 0 Å². The highest BCUT2D eigenvalue weighted by Gasteiger charge is 2.49. The van der Waals surface area contributed by atoms with E-state index in [-0.39, 0.29) is 37.5 Å². The maximum absolute atomic E-state index is 12.2. The molecule has 0 aromatic heterocycles. The van der Waals surface area contributed by atoms with Gasteiger partial charge in [0, 0.05) is 6.42 Å². The first-order valence-electron chi connectivity index (χ1n) is 7.15. The molecular formula is C14H16O7. The monoisotopic (exact) mass is 296 g/mol. The third kappa shape index (κ3) is 3.03. The fraction of sp³-hybridized carbons (Fsp3) is 0.714. The first kappa shape index (κ1) is 13.1. The number of fused-ring (bicyclic) bond motifs is 1. The summed E-state index contributed by atoms with van der Waals surface area (Å²) in [5, 5.41) is 0. The van der Waals surface area contributed by atoms with Crippen molar-refractivity contribution in [3.63, 3.8) is 0 Å². The molecule has 0 spiro atoms. The minimum Gasteiger partial charge on any atom is -0.483 e. The molecule has 0 N–H and O–H groups in total. The molecule has 114 valence electrons. The van der Waals surface area contributed by atoms with Crippen LogP contribution in [0.1, 0.15) is 6.42 Å². The smallest absolute Gasteiger partial charge is 0.313 e. The summed E-state index contributed by atoms with van der Waals surface area (Å²) in [6.45, 7) is 1.73. The molecular weight excluding hydrogens is 280 g/mol. The van der Waals surface area contributed by atoms with E-state index in [0.717, 1.165) is 5.76 Å². The molecule has 21 heavy (non-hydrogen) atoms. The summed E-state index contributed by atoms with van der Waals surface area (Å²) in [6, 6.07) is 0. The number of hydrogen-bond acceptors (Lipinski definition) is 7. The summed E-state index contributed by atoms with van der Waals surface area (Å²) in [5.74, 6) is -1.22. The lowest BCUT2D eigenvalue weighted by Crippen LogP contribution is -2.35. The van der Waals surface area contributed by atoms with Crippen molar-refractivity contribution in [2.75, 3.05) is 26.4 Å². The average molecular weight is 296 g/mol. The lowest BCUT2D eigenvalue weighted by Gasteiger charge is -2.22. The molecule has 0 bridgehead atoms. The SMILES string of the molecule is O=C(OC[C@@H]1CO1)[C@H]1C[C@H]2OC2=C[C@H]1C(=O)OC[C@@H]1CO1. The molecule has 0 unspecified atom stereocenters. The van der Waals surface area contributed by atoms with Gasteiger partial charge < -0.3 is 23.7 Å². The standard InChI is InChI=1S/C14H16O7/c15-13(19-5-7-3-17-7)9-1-11-12(21-11)2-10(9)14(16)20-6-8-4-18-8/h1,7-10,12H,2-6H2/t7-,8-,9+,10-,12+/m0/s1. The molecule has 0 amide bonds. The molecule has 0 radical (unpaired) electrons. The van der Waals surface area contributed by atoms with E-state index in [9.17, 15) is 9.59 Å². The van der Waals surface area contributed by atoms with Crippen LogP contribution in [0.3, 0.4) is 0 Å². The number of carbonyl (C=O) groups excluding carboxylic acids is 2. The van der Waals surface area contributed by atoms with E-state index in [1.54, 1.807) is 6.08 Å². The molecule has 5 atom stereocenters. The quantitative estimate of drug-likeness (QED) is 0.495. The summed E-state index contributed by atoms with van der Waals surface area (Å²) >= 11 is 0. The molecule has 3 aliphatic heterocycles. The predicted molar refractivity (Wildman–Crippen MR) is 66.0 cm³/mol. The van der Waals surface area contributed by atoms with E-state index in [4.69, 9.17) is 23.7 Å². The van der Waals surface area contributed by atoms with Crippen LogP contribution >= 0.6 is 0 Å². The fourth-order valence-corrected chi connectivity index (χ4v) is 2.47. The fourth-order valence-electron chi connectivity index (χ4n) is 2.47. The molecule has 7 heteroatoms. The van der Waals surface area contributed by atoms with E-state index < -0.39 is 17.8 Å². The summed E-state index contributed by atoms with van der Waals surface area (Å²) in [6.07, 6.45) is 2.13. The Labute approximate surface area is 121 Å². The van der Waals surface area contributed by atoms with Crippen LogP contribution in [0.5, 0.6) is 0 Å². The zero-order valence-corrected chi connectivity index (χ0v) is 11.4. The van der Waals surface area contributed by atoms with E-state index in [1.165, 1.54) is 0 Å². The van der Waals surface area contributed by atoms with Crippen LogP contribution in [0.25, 0.3) is 0 Å². The van der Waals surface area contributed by atoms with Gasteiger partial charge in [-0.25, -0.2) is 0 Å². The second-order valence-corrected chi connectivity index (χ2v) is 5.71. The van der Waals surface area contributed by atoms with E-state index in [2.05, 4.69) is 0 Å². The predicted octanol–water partition coefficient (Wildman–Crippen LogP) is -0.211. The largest absolute Gasteiger partial charge is 0.483 e. The van der Waals surface area contributed by atoms with Crippen molar-refractivity contribution in [2.45, 2.75) is 24.7 Å². The van der Waals surface area contributed by atoms with E-state index in [1.807, 2.05) is 0 Å². The number of hydrogen-bond donors (Lipinski definition) is 0. The molecule has 0 saturated carbocycles. The Balaban J connectivity index is 1.38. The Morgan fingerprint density at radius 2 is 1.71 bits per heavy atom. The van der Waals surface area contributed by atoms with Gasteiger partial charge in [0.2, 0.25) is 0 Å². The van der Waals surface area contributed by atoms with Crippen LogP contribution in [-0.2, 0) is 33.3 Å². The van der Waals surface area contributed by atoms with Crippen molar-refractivity contribution in [3.05, 3.63) is 11.8 Å². The van der Waals surface area contributed by atoms with Crippen molar-refractivity contribution in [1.29, 1.82) is 0 Å². The minimum absolute atomic E-state index is 0.00698. The van der Waals surface area contributed by atoms with E-state index in [0.29, 0.717) is 19.6 Å². The van der Waals surface area contributed by atoms with E-state index >= 15 is 0 Å². The average Bonchev–Trinajstić information content (AvgIpc) is 3.37. The van der Waals surface area contributed by atoms with Crippen LogP contribution in [0.15, 0.2) is 11.8 Å². The first-order chi connectivity index (χ1) is 10.2. The topological polar surface area (TPSA) is 90.2 Å². The Bertz CT molecular complexity index is 492. The molecule has 0 aromatic rings. The number of ether oxygens (including phenoxy) is 5. The molecule has 3 heterocycles. The summed E-state index contributed by atoms with van der Waals surface area (Å²) < 4.78 is 25.7. The Kier molecular flexibility index (Phi) is 3.11. The molecule has 7 nitrogen and oxygen atoms in total. The number of epoxide rings is 3. The maximum atomic E-state index is 12.2. The zero-order chi connectivity index (χ0) is 14.4. The van der Waals surface area contributed by atoms with Gasteiger partial charge in [0.1, 0.15) is 31.2 Å². The van der Waals surface area contributed by atoms with Gasteiger partial charge in [0.25, 0.3) is 0 Å². The van der Waals surface area contributed by atoms with Crippen LogP contribution in [0.4, 0.5) is 0 Å². The molecule has 1 aliphatic carbocycles. The maximum Gasteiger partial charge on any atom is 0.313 e. The van der Waals surface area contributed by atoms with Gasteiger partial charge in [0.15, 0.2) is 6.10 Å². The molecule has 0 aromatic carbocycles. The molecule has 4 aliphatic rings. The van der Waals surface area contributed by atoms with Gasteiger partial charge in [0.05, 0.1) is 25.0 Å². The second kappa shape index (κ2) is 4.99. The number of rotatable bonds is 6. The summed E-state index contributed by atoms with van der Waals surface area (Å²) in [7, 11) is 0. The number of esters is 2. The zero-order valence-electron chi connectivity index (χ0n) is 11.4. The van der Waals surface area contributed by atoms with Crippen molar-refractivity contribution < 1.29 is 33.3 Å². The Hall–Kier alpha value is -1.60. The third-order valence-corrected chi connectivity index (χ3v) is 3.99. The van der Waals surface area contributed by atoms with Crippen molar-refractivity contribution >= 4 is 11.9 Å². The normalized spacial score (nSPS) is 38.5. The second-order valence-electron chi connectivity index (χ2n) is 5.71. The van der Waals surface area contributed by atoms with Gasteiger partial charge in [-0.3, -0.25) is 9.59 Å². The third-order valence-electron chi connectivity index (χ3n) is 3.99. The van der Waals surface area contributed by atoms with Crippen molar-refractivity contribution in [2.24, 2.45) is 11.8 Å². The van der Waals surface area contributed by atoms with Crippen LogP contribution < -0.4 is 0 Å². The van der Waals surface area contributed by atoms with Crippen molar-refractivity contribution in [1.82, 2.24) is 0 Å². The summed E-state index contributed by atoms with van der Waals surface area (Å²) in [4.78, 5) is 24.3. The minimum atomic E-state index is -0.634. The van der Waals surface area contributed by atoms with Gasteiger partial charge in [-0.1, -0.05) is 0 Å². The Morgan fingerprint density at radius 1 is 1.10 bits per heavy atom. The highest BCUT2D eigenvalue weighted by atomic mass is 16.6. The van der Waals surface area contributed by atoms with Crippen LogP contribution in [-0.4, -0.2) is 56.7 Å². The highest BCUT2D eigenvalue weighted by molar-refractivity contribution is 5.84. The first-order valence-corrected chi connectivity index (χ1v) is 7.15. The Morgan fingerprint density at radius 3 is 2.33 bits per heavy atom. The van der Waals surface area contributed by atoms with Gasteiger partial charge in [-0.15, -0.1) is 0 Å². The van der Waals surface area contributed by atoms with Gasteiger partial charge in [-0.05, 0) is 6.08 Å². The highest BCUT2D eigenvalue weighted by Crippen LogP contribution is 2.42. The summed E-state index contributed by atoms with van der Waals surface area (Å²) in [5.41, 5.74) is 0. The lowest BCUT2D eigenvalue weighted by molar-refractivity contribution is -0.160. The number of carbonyl (C=O) groups is 2. The van der Waals surface area contributed by atoms with Gasteiger partial charge >= 0.3 is 11.9 Å².